The van der Waals surface area contributed by atoms with Crippen molar-refractivity contribution in [2.45, 2.75) is 25.8 Å². The predicted molar refractivity (Wildman–Crippen MR) is 58.8 cm³/mol. The lowest BCUT2D eigenvalue weighted by Crippen LogP contribution is -2.54. The summed E-state index contributed by atoms with van der Waals surface area (Å²) in [5, 5.41) is 0. The maximum Gasteiger partial charge on any atom is 0.279 e. The predicted octanol–water partition coefficient (Wildman–Crippen LogP) is -0.379. The third-order valence-electron chi connectivity index (χ3n) is 3.22. The molecule has 0 amide bonds. The second-order valence-electron chi connectivity index (χ2n) is 4.19. The molecule has 2 aliphatic rings. The number of piperazine rings is 1. The van der Waals surface area contributed by atoms with Crippen molar-refractivity contribution in [3.8, 4) is 0 Å². The fourth-order valence-electron chi connectivity index (χ4n) is 2.45. The Morgan fingerprint density at radius 2 is 2.13 bits per heavy atom. The topological polar surface area (TPSA) is 52.7 Å². The molecular formula is C9H19N3O2S. The smallest absolute Gasteiger partial charge is 0.279 e. The molecule has 0 radical (unpaired) electrons. The van der Waals surface area contributed by atoms with E-state index in [0.29, 0.717) is 25.7 Å². The summed E-state index contributed by atoms with van der Waals surface area (Å²) < 4.78 is 27.7. The number of nitrogens with one attached hydrogen (secondary N) is 1. The molecule has 0 spiro atoms. The van der Waals surface area contributed by atoms with Gasteiger partial charge in [0.1, 0.15) is 0 Å². The lowest BCUT2D eigenvalue weighted by Gasteiger charge is -2.36. The zero-order chi connectivity index (χ0) is 10.9. The van der Waals surface area contributed by atoms with E-state index in [1.54, 1.807) is 4.31 Å². The molecule has 0 aromatic carbocycles. The Balaban J connectivity index is 2.00. The monoisotopic (exact) mass is 233 g/mol. The van der Waals surface area contributed by atoms with E-state index < -0.39 is 10.2 Å². The van der Waals surface area contributed by atoms with E-state index in [1.807, 2.05) is 6.92 Å². The molecule has 2 aliphatic heterocycles. The van der Waals surface area contributed by atoms with Crippen LogP contribution in [0, 0.1) is 0 Å². The highest BCUT2D eigenvalue weighted by Crippen LogP contribution is 2.22. The molecule has 2 rings (SSSR count). The van der Waals surface area contributed by atoms with Crippen LogP contribution in [0.5, 0.6) is 0 Å². The molecule has 6 heteroatoms. The van der Waals surface area contributed by atoms with Crippen molar-refractivity contribution < 1.29 is 8.42 Å². The average Bonchev–Trinajstić information content (AvgIpc) is 2.63. The number of hydrogen-bond donors (Lipinski definition) is 1. The van der Waals surface area contributed by atoms with Gasteiger partial charge in [0, 0.05) is 32.2 Å². The fraction of sp³-hybridized carbons (Fsp3) is 1.00. The quantitative estimate of drug-likeness (QED) is 0.723. The first-order valence-corrected chi connectivity index (χ1v) is 7.06. The van der Waals surface area contributed by atoms with Crippen molar-refractivity contribution in [2.24, 2.45) is 0 Å². The van der Waals surface area contributed by atoms with Gasteiger partial charge in [0.2, 0.25) is 0 Å². The molecule has 5 nitrogen and oxygen atoms in total. The molecule has 15 heavy (non-hydrogen) atoms. The van der Waals surface area contributed by atoms with Crippen LogP contribution in [0.25, 0.3) is 0 Å². The maximum atomic E-state index is 11.8. The van der Waals surface area contributed by atoms with Crippen LogP contribution in [-0.4, -0.2) is 56.4 Å². The third-order valence-corrected chi connectivity index (χ3v) is 4.88. The normalized spacial score (nSPS) is 29.3. The SMILES string of the molecule is CCNS(=O)(=O)N1CCN2CCCC2C1. The van der Waals surface area contributed by atoms with Gasteiger partial charge in [0.15, 0.2) is 0 Å². The van der Waals surface area contributed by atoms with E-state index in [1.165, 1.54) is 6.42 Å². The lowest BCUT2D eigenvalue weighted by atomic mass is 10.2. The van der Waals surface area contributed by atoms with Gasteiger partial charge < -0.3 is 0 Å². The van der Waals surface area contributed by atoms with Crippen molar-refractivity contribution in [1.82, 2.24) is 13.9 Å². The Kier molecular flexibility index (Phi) is 3.30. The molecule has 0 bridgehead atoms. The molecular weight excluding hydrogens is 214 g/mol. The highest BCUT2D eigenvalue weighted by Gasteiger charge is 2.35. The van der Waals surface area contributed by atoms with Gasteiger partial charge in [-0.3, -0.25) is 4.90 Å². The van der Waals surface area contributed by atoms with Gasteiger partial charge in [0.05, 0.1) is 0 Å². The molecule has 1 unspecified atom stereocenters. The Bertz CT molecular complexity index is 317. The summed E-state index contributed by atoms with van der Waals surface area (Å²) in [6.45, 7) is 5.59. The molecule has 0 aromatic rings. The minimum atomic E-state index is -3.22. The van der Waals surface area contributed by atoms with Crippen molar-refractivity contribution >= 4 is 10.2 Å². The van der Waals surface area contributed by atoms with Crippen LogP contribution in [0.2, 0.25) is 0 Å². The molecule has 1 N–H and O–H groups in total. The van der Waals surface area contributed by atoms with Gasteiger partial charge in [-0.2, -0.15) is 12.7 Å². The van der Waals surface area contributed by atoms with Crippen LogP contribution in [-0.2, 0) is 10.2 Å². The van der Waals surface area contributed by atoms with Crippen LogP contribution in [0.4, 0.5) is 0 Å². The van der Waals surface area contributed by atoms with Gasteiger partial charge in [-0.15, -0.1) is 0 Å². The first kappa shape index (κ1) is 11.3. The molecule has 2 heterocycles. The Labute approximate surface area is 91.6 Å². The standard InChI is InChI=1S/C9H19N3O2S/c1-2-10-15(13,14)12-7-6-11-5-3-4-9(11)8-12/h9-10H,2-8H2,1H3. The summed E-state index contributed by atoms with van der Waals surface area (Å²) in [6.07, 6.45) is 2.35. The number of fused-ring (bicyclic) bond motifs is 1. The zero-order valence-electron chi connectivity index (χ0n) is 9.15. The molecule has 0 aromatic heterocycles. The van der Waals surface area contributed by atoms with E-state index in [0.717, 1.165) is 19.5 Å². The van der Waals surface area contributed by atoms with Crippen molar-refractivity contribution in [2.75, 3.05) is 32.7 Å². The van der Waals surface area contributed by atoms with Gasteiger partial charge in [0.25, 0.3) is 10.2 Å². The summed E-state index contributed by atoms with van der Waals surface area (Å²) >= 11 is 0. The summed E-state index contributed by atoms with van der Waals surface area (Å²) in [5.74, 6) is 0. The largest absolute Gasteiger partial charge is 0.298 e. The summed E-state index contributed by atoms with van der Waals surface area (Å²) in [4.78, 5) is 2.40. The first-order chi connectivity index (χ1) is 7.13. The van der Waals surface area contributed by atoms with Crippen LogP contribution in [0.3, 0.4) is 0 Å². The van der Waals surface area contributed by atoms with Gasteiger partial charge >= 0.3 is 0 Å². The summed E-state index contributed by atoms with van der Waals surface area (Å²) in [5.41, 5.74) is 0. The van der Waals surface area contributed by atoms with Crippen LogP contribution >= 0.6 is 0 Å². The minimum absolute atomic E-state index is 0.451. The van der Waals surface area contributed by atoms with E-state index in [2.05, 4.69) is 9.62 Å². The number of nitrogens with zero attached hydrogens (tertiary/aromatic N) is 2. The molecule has 88 valence electrons. The number of hydrogen-bond acceptors (Lipinski definition) is 3. The highest BCUT2D eigenvalue weighted by atomic mass is 32.2. The van der Waals surface area contributed by atoms with Crippen molar-refractivity contribution in [1.29, 1.82) is 0 Å². The molecule has 0 saturated carbocycles. The second-order valence-corrected chi connectivity index (χ2v) is 5.95. The van der Waals surface area contributed by atoms with Gasteiger partial charge in [-0.25, -0.2) is 4.72 Å². The van der Waals surface area contributed by atoms with Crippen LogP contribution in [0.15, 0.2) is 0 Å². The van der Waals surface area contributed by atoms with E-state index in [4.69, 9.17) is 0 Å². The van der Waals surface area contributed by atoms with E-state index in [9.17, 15) is 8.42 Å². The second kappa shape index (κ2) is 4.37. The Morgan fingerprint density at radius 1 is 1.33 bits per heavy atom. The maximum absolute atomic E-state index is 11.8. The minimum Gasteiger partial charge on any atom is -0.298 e. The highest BCUT2D eigenvalue weighted by molar-refractivity contribution is 7.87. The van der Waals surface area contributed by atoms with E-state index >= 15 is 0 Å². The average molecular weight is 233 g/mol. The van der Waals surface area contributed by atoms with Crippen molar-refractivity contribution in [3.05, 3.63) is 0 Å². The van der Waals surface area contributed by atoms with Crippen LogP contribution < -0.4 is 4.72 Å². The van der Waals surface area contributed by atoms with Crippen molar-refractivity contribution in [3.63, 3.8) is 0 Å². The molecule has 2 saturated heterocycles. The summed E-state index contributed by atoms with van der Waals surface area (Å²) in [7, 11) is -3.22. The van der Waals surface area contributed by atoms with Gasteiger partial charge in [-0.05, 0) is 19.4 Å². The Hall–Kier alpha value is -0.170. The number of rotatable bonds is 3. The van der Waals surface area contributed by atoms with Gasteiger partial charge in [-0.1, -0.05) is 6.92 Å². The molecule has 1 atom stereocenters. The summed E-state index contributed by atoms with van der Waals surface area (Å²) in [6, 6.07) is 0.451. The van der Waals surface area contributed by atoms with Crippen LogP contribution in [0.1, 0.15) is 19.8 Å². The first-order valence-electron chi connectivity index (χ1n) is 5.62. The van der Waals surface area contributed by atoms with E-state index in [-0.39, 0.29) is 0 Å². The zero-order valence-corrected chi connectivity index (χ0v) is 9.96. The Morgan fingerprint density at radius 3 is 2.87 bits per heavy atom. The molecule has 2 fully saturated rings. The third kappa shape index (κ3) is 2.33. The lowest BCUT2D eigenvalue weighted by molar-refractivity contribution is 0.157. The molecule has 0 aliphatic carbocycles. The fourth-order valence-corrected chi connectivity index (χ4v) is 3.69.